The molecule has 21 heavy (non-hydrogen) atoms. The Morgan fingerprint density at radius 3 is 2.90 bits per heavy atom. The van der Waals surface area contributed by atoms with Crippen LogP contribution in [0.3, 0.4) is 0 Å². The lowest BCUT2D eigenvalue weighted by Gasteiger charge is -2.04. The third-order valence-electron chi connectivity index (χ3n) is 2.71. The molecule has 1 heterocycles. The molecule has 0 bridgehead atoms. The van der Waals surface area contributed by atoms with E-state index >= 15 is 0 Å². The molecule has 1 N–H and O–H groups in total. The number of benzene rings is 2. The lowest BCUT2D eigenvalue weighted by molar-refractivity contribution is -0.113. The largest absolute Gasteiger partial charge is 0.325 e. The van der Waals surface area contributed by atoms with Crippen LogP contribution in [0.4, 0.5) is 5.69 Å². The standard InChI is InChI=1S/C15H11BrN2OS2/c16-10-4-3-5-11(8-10)17-14(19)9-20-15-18-12-6-1-2-7-13(12)21-15/h1-8H,9H2,(H,17,19). The minimum Gasteiger partial charge on any atom is -0.325 e. The lowest BCUT2D eigenvalue weighted by atomic mass is 10.3. The van der Waals surface area contributed by atoms with Crippen LogP contribution in [0.15, 0.2) is 57.3 Å². The third-order valence-corrected chi connectivity index (χ3v) is 5.38. The zero-order valence-electron chi connectivity index (χ0n) is 10.9. The van der Waals surface area contributed by atoms with Gasteiger partial charge >= 0.3 is 0 Å². The summed E-state index contributed by atoms with van der Waals surface area (Å²) in [5, 5.41) is 2.87. The number of thioether (sulfide) groups is 1. The topological polar surface area (TPSA) is 42.0 Å². The van der Waals surface area contributed by atoms with Gasteiger partial charge < -0.3 is 5.32 Å². The predicted molar refractivity (Wildman–Crippen MR) is 93.1 cm³/mol. The fraction of sp³-hybridized carbons (Fsp3) is 0.0667. The maximum atomic E-state index is 11.9. The summed E-state index contributed by atoms with van der Waals surface area (Å²) < 4.78 is 3.01. The number of fused-ring (bicyclic) bond motifs is 1. The molecule has 1 aromatic heterocycles. The fourth-order valence-corrected chi connectivity index (χ4v) is 4.07. The van der Waals surface area contributed by atoms with E-state index < -0.39 is 0 Å². The number of nitrogens with zero attached hydrogens (tertiary/aromatic N) is 1. The molecule has 106 valence electrons. The number of nitrogens with one attached hydrogen (secondary N) is 1. The number of amides is 1. The molecule has 0 fully saturated rings. The van der Waals surface area contributed by atoms with Gasteiger partial charge in [0.2, 0.25) is 5.91 Å². The van der Waals surface area contributed by atoms with E-state index in [1.54, 1.807) is 11.3 Å². The van der Waals surface area contributed by atoms with E-state index in [-0.39, 0.29) is 5.91 Å². The Hall–Kier alpha value is -1.37. The minimum atomic E-state index is -0.0302. The summed E-state index contributed by atoms with van der Waals surface area (Å²) in [5.74, 6) is 0.323. The molecule has 0 radical (unpaired) electrons. The lowest BCUT2D eigenvalue weighted by Crippen LogP contribution is -2.13. The Morgan fingerprint density at radius 2 is 2.10 bits per heavy atom. The first-order chi connectivity index (χ1) is 10.2. The van der Waals surface area contributed by atoms with Gasteiger partial charge in [-0.3, -0.25) is 4.79 Å². The van der Waals surface area contributed by atoms with Crippen LogP contribution in [-0.4, -0.2) is 16.6 Å². The second-order valence-electron chi connectivity index (χ2n) is 4.29. The van der Waals surface area contributed by atoms with Crippen molar-refractivity contribution in [3.8, 4) is 0 Å². The van der Waals surface area contributed by atoms with Gasteiger partial charge in [0.1, 0.15) is 0 Å². The minimum absolute atomic E-state index is 0.0302. The molecule has 0 saturated heterocycles. The highest BCUT2D eigenvalue weighted by Crippen LogP contribution is 2.29. The van der Waals surface area contributed by atoms with Crippen molar-refractivity contribution in [1.82, 2.24) is 4.98 Å². The number of rotatable bonds is 4. The Morgan fingerprint density at radius 1 is 1.24 bits per heavy atom. The van der Waals surface area contributed by atoms with Crippen molar-refractivity contribution in [2.75, 3.05) is 11.1 Å². The summed E-state index contributed by atoms with van der Waals surface area (Å²) >= 11 is 6.46. The predicted octanol–water partition coefficient (Wildman–Crippen LogP) is 4.79. The van der Waals surface area contributed by atoms with Crippen molar-refractivity contribution in [2.45, 2.75) is 4.34 Å². The third kappa shape index (κ3) is 3.84. The number of hydrogen-bond acceptors (Lipinski definition) is 4. The number of para-hydroxylation sites is 1. The van der Waals surface area contributed by atoms with E-state index in [0.717, 1.165) is 24.7 Å². The van der Waals surface area contributed by atoms with E-state index in [0.29, 0.717) is 5.75 Å². The van der Waals surface area contributed by atoms with Crippen molar-refractivity contribution in [1.29, 1.82) is 0 Å². The van der Waals surface area contributed by atoms with Crippen LogP contribution in [0.2, 0.25) is 0 Å². The first kappa shape index (κ1) is 14.6. The molecule has 0 unspecified atom stereocenters. The van der Waals surface area contributed by atoms with E-state index in [1.165, 1.54) is 11.8 Å². The molecule has 1 amide bonds. The van der Waals surface area contributed by atoms with Gasteiger partial charge in [-0.1, -0.05) is 45.9 Å². The van der Waals surface area contributed by atoms with Crippen LogP contribution in [0.25, 0.3) is 10.2 Å². The Bertz CT molecular complexity index is 755. The number of carbonyl (C=O) groups is 1. The van der Waals surface area contributed by atoms with E-state index in [1.807, 2.05) is 48.5 Å². The fourth-order valence-electron chi connectivity index (χ4n) is 1.80. The summed E-state index contributed by atoms with van der Waals surface area (Å²) in [6.07, 6.45) is 0. The zero-order chi connectivity index (χ0) is 14.7. The second-order valence-corrected chi connectivity index (χ2v) is 7.46. The summed E-state index contributed by atoms with van der Waals surface area (Å²) in [7, 11) is 0. The van der Waals surface area contributed by atoms with Gasteiger partial charge in [-0.05, 0) is 30.3 Å². The summed E-state index contributed by atoms with van der Waals surface area (Å²) in [6, 6.07) is 15.5. The molecule has 0 aliphatic carbocycles. The van der Waals surface area contributed by atoms with Gasteiger partial charge in [-0.15, -0.1) is 11.3 Å². The SMILES string of the molecule is O=C(CSc1nc2ccccc2s1)Nc1cccc(Br)c1. The van der Waals surface area contributed by atoms with Crippen LogP contribution in [0.1, 0.15) is 0 Å². The number of hydrogen-bond donors (Lipinski definition) is 1. The Kier molecular flexibility index (Phi) is 4.57. The molecule has 2 aromatic carbocycles. The Balaban J connectivity index is 1.60. The first-order valence-corrected chi connectivity index (χ1v) is 8.84. The maximum Gasteiger partial charge on any atom is 0.234 e. The normalized spacial score (nSPS) is 10.7. The summed E-state index contributed by atoms with van der Waals surface area (Å²) in [5.41, 5.74) is 1.77. The van der Waals surface area contributed by atoms with Crippen molar-refractivity contribution in [3.63, 3.8) is 0 Å². The molecule has 0 aliphatic rings. The van der Waals surface area contributed by atoms with Crippen LogP contribution in [0.5, 0.6) is 0 Å². The molecule has 0 aliphatic heterocycles. The highest BCUT2D eigenvalue weighted by atomic mass is 79.9. The number of thiazole rings is 1. The molecule has 3 rings (SSSR count). The number of anilines is 1. The van der Waals surface area contributed by atoms with Crippen LogP contribution < -0.4 is 5.32 Å². The Labute approximate surface area is 138 Å². The molecule has 3 aromatic rings. The monoisotopic (exact) mass is 378 g/mol. The molecule has 0 saturated carbocycles. The molecule has 3 nitrogen and oxygen atoms in total. The van der Waals surface area contributed by atoms with Crippen LogP contribution in [-0.2, 0) is 4.79 Å². The number of aromatic nitrogens is 1. The quantitative estimate of drug-likeness (QED) is 0.663. The molecular weight excluding hydrogens is 368 g/mol. The second kappa shape index (κ2) is 6.60. The van der Waals surface area contributed by atoms with Gasteiger partial charge in [0.15, 0.2) is 4.34 Å². The number of carbonyl (C=O) groups excluding carboxylic acids is 1. The molecular formula is C15H11BrN2OS2. The molecule has 6 heteroatoms. The van der Waals surface area contributed by atoms with Gasteiger partial charge in [-0.2, -0.15) is 0 Å². The van der Waals surface area contributed by atoms with Crippen LogP contribution in [0, 0.1) is 0 Å². The van der Waals surface area contributed by atoms with Gasteiger partial charge in [0.25, 0.3) is 0 Å². The average molecular weight is 379 g/mol. The van der Waals surface area contributed by atoms with Crippen molar-refractivity contribution < 1.29 is 4.79 Å². The number of halogens is 1. The smallest absolute Gasteiger partial charge is 0.234 e. The van der Waals surface area contributed by atoms with E-state index in [4.69, 9.17) is 0 Å². The van der Waals surface area contributed by atoms with Crippen molar-refractivity contribution in [3.05, 3.63) is 53.0 Å². The highest BCUT2D eigenvalue weighted by Gasteiger charge is 2.08. The van der Waals surface area contributed by atoms with Crippen molar-refractivity contribution in [2.24, 2.45) is 0 Å². The highest BCUT2D eigenvalue weighted by molar-refractivity contribution is 9.10. The summed E-state index contributed by atoms with van der Waals surface area (Å²) in [6.45, 7) is 0. The molecule has 0 atom stereocenters. The van der Waals surface area contributed by atoms with E-state index in [9.17, 15) is 4.79 Å². The first-order valence-electron chi connectivity index (χ1n) is 6.24. The van der Waals surface area contributed by atoms with Crippen LogP contribution >= 0.6 is 39.0 Å². The summed E-state index contributed by atoms with van der Waals surface area (Å²) in [4.78, 5) is 16.4. The zero-order valence-corrected chi connectivity index (χ0v) is 14.1. The van der Waals surface area contributed by atoms with Gasteiger partial charge in [0.05, 0.1) is 16.0 Å². The molecule has 0 spiro atoms. The average Bonchev–Trinajstić information content (AvgIpc) is 2.88. The van der Waals surface area contributed by atoms with Gasteiger partial charge in [0, 0.05) is 10.2 Å². The maximum absolute atomic E-state index is 11.9. The van der Waals surface area contributed by atoms with Gasteiger partial charge in [-0.25, -0.2) is 4.98 Å². The van der Waals surface area contributed by atoms with E-state index in [2.05, 4.69) is 26.2 Å². The van der Waals surface area contributed by atoms with Crippen molar-refractivity contribution >= 4 is 60.8 Å².